The number of benzene rings is 2. The molecular weight excluding hydrogens is 356 g/mol. The van der Waals surface area contributed by atoms with Gasteiger partial charge in [0.25, 0.3) is 15.9 Å². The number of ether oxygens (including phenoxy) is 1. The summed E-state index contributed by atoms with van der Waals surface area (Å²) in [6.07, 6.45) is 1.94. The molecule has 1 amide bonds. The predicted octanol–water partition coefficient (Wildman–Crippen LogP) is 2.96. The summed E-state index contributed by atoms with van der Waals surface area (Å²) < 4.78 is 29.3. The molecule has 0 fully saturated rings. The van der Waals surface area contributed by atoms with Gasteiger partial charge in [0, 0.05) is 5.56 Å². The lowest BCUT2D eigenvalue weighted by atomic mass is 10.2. The van der Waals surface area contributed by atoms with Crippen LogP contribution in [-0.4, -0.2) is 28.0 Å². The number of carbonyl (C=O) groups excluding carboxylic acids is 1. The van der Waals surface area contributed by atoms with Gasteiger partial charge in [-0.15, -0.1) is 0 Å². The van der Waals surface area contributed by atoms with Crippen molar-refractivity contribution in [2.24, 2.45) is 0 Å². The Bertz CT molecular complexity index is 835. The van der Waals surface area contributed by atoms with Crippen LogP contribution in [-0.2, 0) is 14.9 Å². The number of rotatable bonds is 9. The topological polar surface area (TPSA) is 93.7 Å². The molecule has 2 N–H and O–H groups in total. The Morgan fingerprint density at radius 2 is 1.77 bits per heavy atom. The lowest BCUT2D eigenvalue weighted by Gasteiger charge is -2.12. The summed E-state index contributed by atoms with van der Waals surface area (Å²) in [5, 5.41) is 2.78. The maximum absolute atomic E-state index is 12.4. The average molecular weight is 378 g/mol. The summed E-state index contributed by atoms with van der Waals surface area (Å²) in [6.45, 7) is 2.64. The largest absolute Gasteiger partial charge is 0.491 e. The minimum absolute atomic E-state index is 0.000742. The zero-order valence-electron chi connectivity index (χ0n) is 14.7. The van der Waals surface area contributed by atoms with Gasteiger partial charge in [0.05, 0.1) is 24.3 Å². The van der Waals surface area contributed by atoms with E-state index in [4.69, 9.17) is 4.74 Å². The molecule has 2 aromatic carbocycles. The van der Waals surface area contributed by atoms with E-state index in [0.717, 1.165) is 12.8 Å². The molecule has 0 aliphatic rings. The molecule has 140 valence electrons. The van der Waals surface area contributed by atoms with Crippen LogP contribution in [0.5, 0.6) is 5.75 Å². The monoisotopic (exact) mass is 378 g/mol. The molecule has 0 spiro atoms. The van der Waals surface area contributed by atoms with Crippen LogP contribution in [0.4, 0.5) is 5.69 Å². The molecule has 8 heteroatoms. The van der Waals surface area contributed by atoms with E-state index in [0.29, 0.717) is 23.6 Å². The van der Waals surface area contributed by atoms with E-state index >= 15 is 0 Å². The number of anilines is 1. The molecule has 0 radical (unpaired) electrons. The summed E-state index contributed by atoms with van der Waals surface area (Å²) in [6, 6.07) is 12.7. The predicted molar refractivity (Wildman–Crippen MR) is 98.6 cm³/mol. The van der Waals surface area contributed by atoms with E-state index < -0.39 is 10.0 Å². The maximum atomic E-state index is 12.4. The Morgan fingerprint density at radius 3 is 2.42 bits per heavy atom. The van der Waals surface area contributed by atoms with Crippen LogP contribution in [0.15, 0.2) is 53.4 Å². The van der Waals surface area contributed by atoms with Gasteiger partial charge in [-0.1, -0.05) is 30.4 Å². The lowest BCUT2D eigenvalue weighted by Crippen LogP contribution is -2.22. The third kappa shape index (κ3) is 5.29. The zero-order valence-corrected chi connectivity index (χ0v) is 15.5. The van der Waals surface area contributed by atoms with Gasteiger partial charge in [-0.3, -0.25) is 9.63 Å². The molecular formula is C18H22N2O5S. The van der Waals surface area contributed by atoms with E-state index in [1.54, 1.807) is 18.2 Å². The highest BCUT2D eigenvalue weighted by molar-refractivity contribution is 7.89. The van der Waals surface area contributed by atoms with E-state index in [9.17, 15) is 13.2 Å². The van der Waals surface area contributed by atoms with Crippen LogP contribution >= 0.6 is 0 Å². The van der Waals surface area contributed by atoms with Crippen molar-refractivity contribution in [1.82, 2.24) is 4.89 Å². The molecule has 0 saturated heterocycles. The van der Waals surface area contributed by atoms with Crippen LogP contribution in [0.3, 0.4) is 0 Å². The van der Waals surface area contributed by atoms with Crippen LogP contribution in [0.1, 0.15) is 30.1 Å². The first-order valence-corrected chi connectivity index (χ1v) is 9.64. The van der Waals surface area contributed by atoms with Gasteiger partial charge in [-0.2, -0.15) is 0 Å². The highest BCUT2D eigenvalue weighted by Crippen LogP contribution is 2.24. The summed E-state index contributed by atoms with van der Waals surface area (Å²) >= 11 is 0. The Labute approximate surface area is 153 Å². The summed E-state index contributed by atoms with van der Waals surface area (Å²) in [5.41, 5.74) is 0.885. The molecule has 2 aromatic rings. The normalized spacial score (nSPS) is 11.2. The van der Waals surface area contributed by atoms with Gasteiger partial charge >= 0.3 is 0 Å². The molecule has 7 nitrogen and oxygen atoms in total. The maximum Gasteiger partial charge on any atom is 0.262 e. The Kier molecular flexibility index (Phi) is 7.14. The fourth-order valence-corrected chi connectivity index (χ4v) is 2.97. The number of sulfonamides is 1. The molecule has 0 aromatic heterocycles. The summed E-state index contributed by atoms with van der Waals surface area (Å²) in [5.74, 6) is 0.234. The van der Waals surface area contributed by atoms with Gasteiger partial charge < -0.3 is 10.1 Å². The van der Waals surface area contributed by atoms with Crippen LogP contribution in [0.2, 0.25) is 0 Å². The number of hydrogen-bond donors (Lipinski definition) is 2. The average Bonchev–Trinajstić information content (AvgIpc) is 2.63. The third-order valence-corrected chi connectivity index (χ3v) is 4.79. The molecule has 2 rings (SSSR count). The first kappa shape index (κ1) is 19.9. The van der Waals surface area contributed by atoms with Crippen LogP contribution < -0.4 is 14.9 Å². The summed E-state index contributed by atoms with van der Waals surface area (Å²) in [7, 11) is -2.55. The van der Waals surface area contributed by atoms with E-state index in [2.05, 4.69) is 17.1 Å². The smallest absolute Gasteiger partial charge is 0.262 e. The minimum atomic E-state index is -3.76. The quantitative estimate of drug-likeness (QED) is 0.517. The molecule has 0 aliphatic carbocycles. The first-order valence-electron chi connectivity index (χ1n) is 8.16. The summed E-state index contributed by atoms with van der Waals surface area (Å²) in [4.78, 5) is 18.8. The SMILES string of the molecule is CCCCOc1ccccc1NC(=O)c1ccc(S(=O)(=O)NOC)cc1. The Morgan fingerprint density at radius 1 is 1.08 bits per heavy atom. The van der Waals surface area contributed by atoms with Crippen molar-refractivity contribution >= 4 is 21.6 Å². The minimum Gasteiger partial charge on any atom is -0.491 e. The highest BCUT2D eigenvalue weighted by atomic mass is 32.2. The second kappa shape index (κ2) is 9.33. The number of carbonyl (C=O) groups is 1. The van der Waals surface area contributed by atoms with Crippen LogP contribution in [0.25, 0.3) is 0 Å². The second-order valence-electron chi connectivity index (χ2n) is 5.47. The molecule has 0 atom stereocenters. The number of hydrogen-bond acceptors (Lipinski definition) is 5. The van der Waals surface area contributed by atoms with Crippen molar-refractivity contribution in [1.29, 1.82) is 0 Å². The van der Waals surface area contributed by atoms with Gasteiger partial charge in [0.15, 0.2) is 0 Å². The molecule has 0 bridgehead atoms. The first-order chi connectivity index (χ1) is 12.5. The van der Waals surface area contributed by atoms with Crippen LogP contribution in [0, 0.1) is 0 Å². The fourth-order valence-electron chi connectivity index (χ4n) is 2.16. The standard InChI is InChI=1S/C18H22N2O5S/c1-3-4-13-25-17-8-6-5-7-16(17)19-18(21)14-9-11-15(12-10-14)26(22,23)20-24-2/h5-12,20H,3-4,13H2,1-2H3,(H,19,21). The molecule has 0 unspecified atom stereocenters. The van der Waals surface area contributed by atoms with Gasteiger partial charge in [0.2, 0.25) is 0 Å². The Balaban J connectivity index is 2.11. The molecule has 0 aliphatic heterocycles. The lowest BCUT2D eigenvalue weighted by molar-refractivity contribution is 0.102. The number of unbranched alkanes of at least 4 members (excludes halogenated alkanes) is 1. The molecule has 26 heavy (non-hydrogen) atoms. The number of nitrogens with one attached hydrogen (secondary N) is 2. The van der Waals surface area contributed by atoms with E-state index in [-0.39, 0.29) is 10.8 Å². The van der Waals surface area contributed by atoms with Crippen molar-refractivity contribution in [3.05, 3.63) is 54.1 Å². The molecule has 0 saturated carbocycles. The van der Waals surface area contributed by atoms with Crippen molar-refractivity contribution < 1.29 is 22.8 Å². The van der Waals surface area contributed by atoms with Crippen molar-refractivity contribution in [2.45, 2.75) is 24.7 Å². The highest BCUT2D eigenvalue weighted by Gasteiger charge is 2.15. The van der Waals surface area contributed by atoms with Gasteiger partial charge in [-0.05, 0) is 42.8 Å². The van der Waals surface area contributed by atoms with Crippen molar-refractivity contribution in [2.75, 3.05) is 19.0 Å². The fraction of sp³-hybridized carbons (Fsp3) is 0.278. The molecule has 0 heterocycles. The number of para-hydroxylation sites is 2. The van der Waals surface area contributed by atoms with Crippen molar-refractivity contribution in [3.63, 3.8) is 0 Å². The van der Waals surface area contributed by atoms with E-state index in [1.807, 2.05) is 11.0 Å². The number of amides is 1. The van der Waals surface area contributed by atoms with Crippen molar-refractivity contribution in [3.8, 4) is 5.75 Å². The Hall–Kier alpha value is -2.42. The van der Waals surface area contributed by atoms with E-state index in [1.165, 1.54) is 31.4 Å². The second-order valence-corrected chi connectivity index (χ2v) is 7.11. The third-order valence-electron chi connectivity index (χ3n) is 3.51. The van der Waals surface area contributed by atoms with Gasteiger partial charge in [-0.25, -0.2) is 8.42 Å². The zero-order chi connectivity index (χ0) is 19.0. The van der Waals surface area contributed by atoms with Gasteiger partial charge in [0.1, 0.15) is 5.75 Å².